The molecule has 0 radical (unpaired) electrons. The highest BCUT2D eigenvalue weighted by atomic mass is 32.2. The van der Waals surface area contributed by atoms with Crippen molar-refractivity contribution >= 4 is 22.0 Å². The number of piperidine rings is 1. The largest absolute Gasteiger partial charge is 0.473 e. The van der Waals surface area contributed by atoms with Crippen LogP contribution in [0, 0.1) is 6.92 Å². The Kier molecular flexibility index (Phi) is 7.93. The number of rotatable bonds is 3. The van der Waals surface area contributed by atoms with Crippen LogP contribution >= 0.6 is 0 Å². The Bertz CT molecular complexity index is 754. The zero-order valence-corrected chi connectivity index (χ0v) is 16.6. The average Bonchev–Trinajstić information content (AvgIpc) is 2.69. The van der Waals surface area contributed by atoms with Gasteiger partial charge in [-0.3, -0.25) is 4.90 Å². The van der Waals surface area contributed by atoms with Gasteiger partial charge in [0.2, 0.25) is 10.0 Å². The number of nitrogens with zero attached hydrogens (tertiary/aromatic N) is 2. The van der Waals surface area contributed by atoms with E-state index < -0.39 is 22.0 Å². The lowest BCUT2D eigenvalue weighted by Gasteiger charge is -2.39. The van der Waals surface area contributed by atoms with E-state index in [0.717, 1.165) is 44.7 Å². The normalized spacial score (nSPS) is 19.5. The second-order valence-corrected chi connectivity index (χ2v) is 8.64. The molecule has 0 unspecified atom stereocenters. The topological polar surface area (TPSA) is 124 Å². The quantitative estimate of drug-likeness (QED) is 0.691. The maximum Gasteiger partial charge on any atom is 0.414 e. The zero-order chi connectivity index (χ0) is 20.7. The zero-order valence-electron chi connectivity index (χ0n) is 15.8. The summed E-state index contributed by atoms with van der Waals surface area (Å²) in [5.74, 6) is -3.65. The summed E-state index contributed by atoms with van der Waals surface area (Å²) in [6, 6.07) is 7.62. The van der Waals surface area contributed by atoms with Crippen molar-refractivity contribution in [2.45, 2.75) is 30.7 Å². The average molecular weight is 414 g/mol. The molecule has 0 atom stereocenters. The van der Waals surface area contributed by atoms with Crippen LogP contribution in [-0.4, -0.2) is 85.2 Å². The van der Waals surface area contributed by atoms with E-state index in [2.05, 4.69) is 4.90 Å². The Hall–Kier alpha value is -2.01. The van der Waals surface area contributed by atoms with E-state index >= 15 is 0 Å². The molecule has 9 nitrogen and oxygen atoms in total. The van der Waals surface area contributed by atoms with Crippen LogP contribution in [0.15, 0.2) is 29.2 Å². The Morgan fingerprint density at radius 1 is 0.964 bits per heavy atom. The molecular formula is C18H26N2O7S. The van der Waals surface area contributed by atoms with Crippen LogP contribution in [0.4, 0.5) is 0 Å². The molecule has 1 aromatic rings. The molecule has 2 aliphatic heterocycles. The van der Waals surface area contributed by atoms with Crippen LogP contribution in [0.1, 0.15) is 18.4 Å². The summed E-state index contributed by atoms with van der Waals surface area (Å²) in [6.45, 7) is 6.70. The standard InChI is InChI=1S/C16H24N2O3S.C2H2O4/c1-14-2-4-16(5-3-14)22(19,20)18-8-6-15(7-9-18)17-10-12-21-13-11-17;3-1(4)2(5)6/h2-5,15H,6-13H2,1H3;(H,3,4)(H,5,6). The van der Waals surface area contributed by atoms with Gasteiger partial charge in [0.15, 0.2) is 0 Å². The number of benzene rings is 1. The minimum absolute atomic E-state index is 0.405. The van der Waals surface area contributed by atoms with Gasteiger partial charge in [0.05, 0.1) is 18.1 Å². The number of carbonyl (C=O) groups is 2. The summed E-state index contributed by atoms with van der Waals surface area (Å²) in [7, 11) is -3.34. The molecule has 0 aliphatic carbocycles. The molecule has 10 heteroatoms. The maximum absolute atomic E-state index is 12.7. The van der Waals surface area contributed by atoms with Gasteiger partial charge in [-0.15, -0.1) is 0 Å². The van der Waals surface area contributed by atoms with Crippen molar-refractivity contribution in [1.29, 1.82) is 0 Å². The molecule has 0 aromatic heterocycles. The van der Waals surface area contributed by atoms with Crippen molar-refractivity contribution in [2.75, 3.05) is 39.4 Å². The predicted molar refractivity (Wildman–Crippen MR) is 101 cm³/mol. The number of aliphatic carboxylic acids is 2. The van der Waals surface area contributed by atoms with E-state index in [0.29, 0.717) is 24.0 Å². The highest BCUT2D eigenvalue weighted by Gasteiger charge is 2.32. The van der Waals surface area contributed by atoms with Crippen LogP contribution < -0.4 is 0 Å². The maximum atomic E-state index is 12.7. The Balaban J connectivity index is 0.000000409. The monoisotopic (exact) mass is 414 g/mol. The number of hydrogen-bond acceptors (Lipinski definition) is 6. The molecular weight excluding hydrogens is 388 g/mol. The van der Waals surface area contributed by atoms with Crippen LogP contribution in [0.25, 0.3) is 0 Å². The number of aryl methyl sites for hydroxylation is 1. The number of carboxylic acid groups (broad SMARTS) is 2. The number of ether oxygens (including phenoxy) is 1. The van der Waals surface area contributed by atoms with E-state index in [-0.39, 0.29) is 0 Å². The van der Waals surface area contributed by atoms with Crippen LogP contribution in [-0.2, 0) is 24.3 Å². The van der Waals surface area contributed by atoms with Crippen molar-refractivity contribution in [3.05, 3.63) is 29.8 Å². The van der Waals surface area contributed by atoms with Crippen LogP contribution in [0.3, 0.4) is 0 Å². The number of carboxylic acids is 2. The molecule has 28 heavy (non-hydrogen) atoms. The fourth-order valence-corrected chi connectivity index (χ4v) is 4.72. The van der Waals surface area contributed by atoms with Crippen molar-refractivity contribution in [1.82, 2.24) is 9.21 Å². The first-order valence-electron chi connectivity index (χ1n) is 9.06. The summed E-state index contributed by atoms with van der Waals surface area (Å²) >= 11 is 0. The highest BCUT2D eigenvalue weighted by Crippen LogP contribution is 2.23. The van der Waals surface area contributed by atoms with Gasteiger partial charge in [0.25, 0.3) is 0 Å². The van der Waals surface area contributed by atoms with E-state index in [1.54, 1.807) is 16.4 Å². The molecule has 2 N–H and O–H groups in total. The van der Waals surface area contributed by atoms with Gasteiger partial charge in [-0.2, -0.15) is 4.31 Å². The van der Waals surface area contributed by atoms with Gasteiger partial charge in [0, 0.05) is 32.2 Å². The minimum atomic E-state index is -3.34. The third-order valence-corrected chi connectivity index (χ3v) is 6.74. The van der Waals surface area contributed by atoms with Crippen LogP contribution in [0.5, 0.6) is 0 Å². The Morgan fingerprint density at radius 3 is 1.93 bits per heavy atom. The lowest BCUT2D eigenvalue weighted by atomic mass is 10.0. The molecule has 2 saturated heterocycles. The second kappa shape index (κ2) is 9.97. The third kappa shape index (κ3) is 5.99. The van der Waals surface area contributed by atoms with Gasteiger partial charge in [-0.05, 0) is 31.9 Å². The first kappa shape index (κ1) is 22.3. The third-order valence-electron chi connectivity index (χ3n) is 4.83. The molecule has 0 amide bonds. The molecule has 0 bridgehead atoms. The summed E-state index contributed by atoms with van der Waals surface area (Å²) in [4.78, 5) is 21.0. The van der Waals surface area contributed by atoms with Gasteiger partial charge in [-0.25, -0.2) is 18.0 Å². The van der Waals surface area contributed by atoms with E-state index in [1.807, 2.05) is 19.1 Å². The first-order chi connectivity index (χ1) is 13.2. The van der Waals surface area contributed by atoms with E-state index in [4.69, 9.17) is 24.5 Å². The van der Waals surface area contributed by atoms with Crippen molar-refractivity contribution in [3.63, 3.8) is 0 Å². The lowest BCUT2D eigenvalue weighted by Crippen LogP contribution is -2.50. The molecule has 2 aliphatic rings. The van der Waals surface area contributed by atoms with Crippen LogP contribution in [0.2, 0.25) is 0 Å². The predicted octanol–water partition coefficient (Wildman–Crippen LogP) is 0.636. The van der Waals surface area contributed by atoms with Gasteiger partial charge < -0.3 is 14.9 Å². The number of sulfonamides is 1. The molecule has 2 fully saturated rings. The highest BCUT2D eigenvalue weighted by molar-refractivity contribution is 7.89. The van der Waals surface area contributed by atoms with Crippen molar-refractivity contribution in [2.24, 2.45) is 0 Å². The van der Waals surface area contributed by atoms with Gasteiger partial charge >= 0.3 is 11.9 Å². The molecule has 0 spiro atoms. The van der Waals surface area contributed by atoms with Gasteiger partial charge in [0.1, 0.15) is 0 Å². The van der Waals surface area contributed by atoms with E-state index in [9.17, 15) is 8.42 Å². The Morgan fingerprint density at radius 2 is 1.46 bits per heavy atom. The molecule has 3 rings (SSSR count). The molecule has 1 aromatic carbocycles. The number of hydrogen-bond donors (Lipinski definition) is 2. The van der Waals surface area contributed by atoms with Crippen molar-refractivity contribution < 1.29 is 33.0 Å². The van der Waals surface area contributed by atoms with E-state index in [1.165, 1.54) is 0 Å². The summed E-state index contributed by atoms with van der Waals surface area (Å²) in [5.41, 5.74) is 1.07. The summed E-state index contributed by atoms with van der Waals surface area (Å²) < 4.78 is 32.4. The fourth-order valence-electron chi connectivity index (χ4n) is 3.25. The fraction of sp³-hybridized carbons (Fsp3) is 0.556. The SMILES string of the molecule is Cc1ccc(S(=O)(=O)N2CCC(N3CCOCC3)CC2)cc1.O=C(O)C(=O)O. The first-order valence-corrected chi connectivity index (χ1v) is 10.5. The molecule has 0 saturated carbocycles. The second-order valence-electron chi connectivity index (χ2n) is 6.71. The molecule has 2 heterocycles. The smallest absolute Gasteiger partial charge is 0.414 e. The number of morpholine rings is 1. The van der Waals surface area contributed by atoms with Gasteiger partial charge in [-0.1, -0.05) is 17.7 Å². The Labute approximate surface area is 164 Å². The van der Waals surface area contributed by atoms with Crippen molar-refractivity contribution in [3.8, 4) is 0 Å². The summed E-state index contributed by atoms with van der Waals surface area (Å²) in [6.07, 6.45) is 1.82. The molecule has 156 valence electrons. The summed E-state index contributed by atoms with van der Waals surface area (Å²) in [5, 5.41) is 14.8. The lowest BCUT2D eigenvalue weighted by molar-refractivity contribution is -0.159. The minimum Gasteiger partial charge on any atom is -0.473 e.